The third-order valence-electron chi connectivity index (χ3n) is 2.44. The fourth-order valence-electron chi connectivity index (χ4n) is 1.50. The van der Waals surface area contributed by atoms with Crippen molar-refractivity contribution in [3.63, 3.8) is 0 Å². The van der Waals surface area contributed by atoms with Gasteiger partial charge in [0, 0.05) is 6.42 Å². The average Bonchev–Trinajstić information content (AvgIpc) is 2.80. The van der Waals surface area contributed by atoms with Gasteiger partial charge >= 0.3 is 11.9 Å². The first kappa shape index (κ1) is 15.5. The number of carbonyl (C=O) groups is 2. The molecule has 0 saturated heterocycles. The Kier molecular flexibility index (Phi) is 6.95. The summed E-state index contributed by atoms with van der Waals surface area (Å²) in [6.07, 6.45) is 2.72. The van der Waals surface area contributed by atoms with E-state index >= 15 is 0 Å². The van der Waals surface area contributed by atoms with Crippen molar-refractivity contribution >= 4 is 29.0 Å². The molecule has 106 valence electrons. The first-order chi connectivity index (χ1) is 9.15. The van der Waals surface area contributed by atoms with E-state index in [-0.39, 0.29) is 11.9 Å². The molecule has 0 saturated carbocycles. The molecule has 0 aromatic carbocycles. The van der Waals surface area contributed by atoms with Crippen molar-refractivity contribution < 1.29 is 19.1 Å². The van der Waals surface area contributed by atoms with Gasteiger partial charge in [0.1, 0.15) is 4.88 Å². The number of nitrogen functional groups attached to an aromatic ring is 1. The molecule has 0 aliphatic carbocycles. The molecular formula is C13H19NO4S. The molecule has 19 heavy (non-hydrogen) atoms. The van der Waals surface area contributed by atoms with Crippen LogP contribution in [0.25, 0.3) is 0 Å². The fraction of sp³-hybridized carbons (Fsp3) is 0.538. The monoisotopic (exact) mass is 285 g/mol. The molecule has 0 unspecified atom stereocenters. The van der Waals surface area contributed by atoms with Crippen molar-refractivity contribution in [2.75, 3.05) is 18.9 Å². The lowest BCUT2D eigenvalue weighted by atomic mass is 10.2. The lowest BCUT2D eigenvalue weighted by Gasteiger charge is -2.04. The molecule has 1 heterocycles. The Morgan fingerprint density at radius 1 is 1.26 bits per heavy atom. The quantitative estimate of drug-likeness (QED) is 0.586. The van der Waals surface area contributed by atoms with Crippen molar-refractivity contribution in [2.24, 2.45) is 0 Å². The van der Waals surface area contributed by atoms with Gasteiger partial charge in [-0.15, -0.1) is 11.3 Å². The Labute approximate surface area is 116 Å². The van der Waals surface area contributed by atoms with Gasteiger partial charge in [0.25, 0.3) is 0 Å². The van der Waals surface area contributed by atoms with Crippen LogP contribution in [0.5, 0.6) is 0 Å². The fourth-order valence-corrected chi connectivity index (χ4v) is 2.21. The standard InChI is InChI=1S/C13H19NO4S/c1-2-17-11(15)6-4-3-5-8-18-13(16)12-10(14)7-9-19-12/h7,9H,2-6,8,14H2,1H3. The number of anilines is 1. The van der Waals surface area contributed by atoms with E-state index in [1.54, 1.807) is 18.4 Å². The molecule has 1 aromatic heterocycles. The molecule has 0 aliphatic heterocycles. The summed E-state index contributed by atoms with van der Waals surface area (Å²) in [6, 6.07) is 1.68. The van der Waals surface area contributed by atoms with Gasteiger partial charge in [0.05, 0.1) is 18.9 Å². The number of hydrogen-bond donors (Lipinski definition) is 1. The van der Waals surface area contributed by atoms with Crippen LogP contribution in [-0.2, 0) is 14.3 Å². The molecule has 2 N–H and O–H groups in total. The van der Waals surface area contributed by atoms with Crippen LogP contribution in [0, 0.1) is 0 Å². The maximum absolute atomic E-state index is 11.6. The lowest BCUT2D eigenvalue weighted by Crippen LogP contribution is -2.07. The summed E-state index contributed by atoms with van der Waals surface area (Å²) in [6.45, 7) is 2.55. The van der Waals surface area contributed by atoms with E-state index in [0.29, 0.717) is 30.2 Å². The number of carbonyl (C=O) groups excluding carboxylic acids is 2. The van der Waals surface area contributed by atoms with Crippen LogP contribution in [0.15, 0.2) is 11.4 Å². The number of rotatable bonds is 8. The normalized spacial score (nSPS) is 10.2. The topological polar surface area (TPSA) is 78.6 Å². The van der Waals surface area contributed by atoms with Gasteiger partial charge in [-0.3, -0.25) is 4.79 Å². The molecule has 1 aromatic rings. The zero-order chi connectivity index (χ0) is 14.1. The summed E-state index contributed by atoms with van der Waals surface area (Å²) in [5.74, 6) is -0.552. The van der Waals surface area contributed by atoms with E-state index in [1.165, 1.54) is 11.3 Å². The van der Waals surface area contributed by atoms with Gasteiger partial charge in [-0.1, -0.05) is 0 Å². The first-order valence-corrected chi connectivity index (χ1v) is 7.18. The number of unbranched alkanes of at least 4 members (excludes halogenated alkanes) is 2. The highest BCUT2D eigenvalue weighted by Gasteiger charge is 2.12. The van der Waals surface area contributed by atoms with Crippen LogP contribution in [0.4, 0.5) is 5.69 Å². The maximum atomic E-state index is 11.6. The smallest absolute Gasteiger partial charge is 0.350 e. The molecule has 0 fully saturated rings. The molecule has 0 aliphatic rings. The zero-order valence-corrected chi connectivity index (χ0v) is 11.8. The first-order valence-electron chi connectivity index (χ1n) is 6.31. The molecule has 0 atom stereocenters. The van der Waals surface area contributed by atoms with Crippen LogP contribution in [0.2, 0.25) is 0 Å². The minimum atomic E-state index is -0.377. The van der Waals surface area contributed by atoms with Crippen molar-refractivity contribution in [2.45, 2.75) is 32.6 Å². The Morgan fingerprint density at radius 3 is 2.68 bits per heavy atom. The molecule has 0 radical (unpaired) electrons. The van der Waals surface area contributed by atoms with Gasteiger partial charge in [-0.05, 0) is 37.6 Å². The van der Waals surface area contributed by atoms with Gasteiger partial charge in [0.15, 0.2) is 0 Å². The summed E-state index contributed by atoms with van der Waals surface area (Å²) < 4.78 is 9.91. The third kappa shape index (κ3) is 5.74. The van der Waals surface area contributed by atoms with Gasteiger partial charge in [-0.2, -0.15) is 0 Å². The van der Waals surface area contributed by atoms with E-state index in [1.807, 2.05) is 0 Å². The highest BCUT2D eigenvalue weighted by Crippen LogP contribution is 2.19. The number of ether oxygens (including phenoxy) is 2. The van der Waals surface area contributed by atoms with Crippen molar-refractivity contribution in [3.8, 4) is 0 Å². The van der Waals surface area contributed by atoms with E-state index in [4.69, 9.17) is 15.2 Å². The van der Waals surface area contributed by atoms with Crippen molar-refractivity contribution in [1.82, 2.24) is 0 Å². The highest BCUT2D eigenvalue weighted by atomic mass is 32.1. The summed E-state index contributed by atoms with van der Waals surface area (Å²) in [5.41, 5.74) is 6.07. The van der Waals surface area contributed by atoms with Gasteiger partial charge in [0.2, 0.25) is 0 Å². The minimum absolute atomic E-state index is 0.175. The van der Waals surface area contributed by atoms with Crippen LogP contribution < -0.4 is 5.73 Å². The molecule has 1 rings (SSSR count). The number of thiophene rings is 1. The number of hydrogen-bond acceptors (Lipinski definition) is 6. The second-order valence-corrected chi connectivity index (χ2v) is 4.87. The van der Waals surface area contributed by atoms with E-state index in [2.05, 4.69) is 0 Å². The van der Waals surface area contributed by atoms with Crippen LogP contribution in [-0.4, -0.2) is 25.2 Å². The maximum Gasteiger partial charge on any atom is 0.350 e. The highest BCUT2D eigenvalue weighted by molar-refractivity contribution is 7.12. The Balaban J connectivity index is 2.07. The second-order valence-electron chi connectivity index (χ2n) is 3.96. The Morgan fingerprint density at radius 2 is 2.05 bits per heavy atom. The minimum Gasteiger partial charge on any atom is -0.466 e. The van der Waals surface area contributed by atoms with Crippen LogP contribution >= 0.6 is 11.3 Å². The SMILES string of the molecule is CCOC(=O)CCCCCOC(=O)c1sccc1N. The largest absolute Gasteiger partial charge is 0.466 e. The summed E-state index contributed by atoms with van der Waals surface area (Å²) in [7, 11) is 0. The van der Waals surface area contributed by atoms with E-state index < -0.39 is 0 Å². The summed E-state index contributed by atoms with van der Waals surface area (Å²) in [5, 5.41) is 1.76. The van der Waals surface area contributed by atoms with Crippen LogP contribution in [0.3, 0.4) is 0 Å². The zero-order valence-electron chi connectivity index (χ0n) is 11.0. The predicted octanol–water partition coefficient (Wildman–Crippen LogP) is 2.61. The second kappa shape index (κ2) is 8.53. The third-order valence-corrected chi connectivity index (χ3v) is 3.36. The lowest BCUT2D eigenvalue weighted by molar-refractivity contribution is -0.143. The molecule has 0 amide bonds. The summed E-state index contributed by atoms with van der Waals surface area (Å²) >= 11 is 1.27. The van der Waals surface area contributed by atoms with E-state index in [0.717, 1.165) is 19.3 Å². The summed E-state index contributed by atoms with van der Waals surface area (Å²) in [4.78, 5) is 23.1. The van der Waals surface area contributed by atoms with Crippen LogP contribution in [0.1, 0.15) is 42.3 Å². The van der Waals surface area contributed by atoms with Crippen molar-refractivity contribution in [1.29, 1.82) is 0 Å². The molecule has 5 nitrogen and oxygen atoms in total. The van der Waals surface area contributed by atoms with Gasteiger partial charge in [-0.25, -0.2) is 4.79 Å². The molecular weight excluding hydrogens is 266 g/mol. The van der Waals surface area contributed by atoms with Crippen molar-refractivity contribution in [3.05, 3.63) is 16.3 Å². The Bertz CT molecular complexity index is 417. The predicted molar refractivity (Wildman–Crippen MR) is 74.1 cm³/mol. The Hall–Kier alpha value is -1.56. The molecule has 0 bridgehead atoms. The van der Waals surface area contributed by atoms with Gasteiger partial charge < -0.3 is 15.2 Å². The number of esters is 2. The number of nitrogens with two attached hydrogens (primary N) is 1. The molecule has 6 heteroatoms. The average molecular weight is 285 g/mol. The van der Waals surface area contributed by atoms with E-state index in [9.17, 15) is 9.59 Å². The molecule has 0 spiro atoms.